The van der Waals surface area contributed by atoms with Crippen molar-refractivity contribution >= 4 is 11.8 Å². The number of carboxylic acid groups (broad SMARTS) is 1. The Kier molecular flexibility index (Phi) is 13.8. The van der Waals surface area contributed by atoms with Gasteiger partial charge in [-0.1, -0.05) is 37.5 Å². The zero-order chi connectivity index (χ0) is 17.3. The summed E-state index contributed by atoms with van der Waals surface area (Å²) in [6, 6.07) is 0. The maximum Gasteiger partial charge on any atom is 0.303 e. The Hall–Kier alpha value is -1.88. The lowest BCUT2D eigenvalue weighted by Crippen LogP contribution is -1.93. The molecular weight excluding hydrogens is 296 g/mol. The molecule has 0 bridgehead atoms. The summed E-state index contributed by atoms with van der Waals surface area (Å²) >= 11 is 0. The first-order valence-corrected chi connectivity index (χ1v) is 8.14. The summed E-state index contributed by atoms with van der Waals surface area (Å²) in [4.78, 5) is 21.9. The number of allylic oxidation sites excluding steroid dienone is 4. The van der Waals surface area contributed by atoms with Crippen LogP contribution in [-0.2, 0) is 9.59 Å². The molecule has 5 nitrogen and oxygen atoms in total. The van der Waals surface area contributed by atoms with E-state index in [-0.39, 0.29) is 31.0 Å². The second-order valence-electron chi connectivity index (χ2n) is 5.33. The number of hydrogen-bond donors (Lipinski definition) is 3. The average molecular weight is 324 g/mol. The number of rotatable bonds is 14. The Morgan fingerprint density at radius 3 is 2.22 bits per heavy atom. The molecule has 0 amide bonds. The Bertz CT molecular complexity index is 421. The van der Waals surface area contributed by atoms with Crippen LogP contribution in [-0.4, -0.2) is 33.7 Å². The summed E-state index contributed by atoms with van der Waals surface area (Å²) in [5.74, 6) is -0.999. The third-order valence-electron chi connectivity index (χ3n) is 3.14. The van der Waals surface area contributed by atoms with Crippen LogP contribution >= 0.6 is 0 Å². The van der Waals surface area contributed by atoms with E-state index in [9.17, 15) is 14.7 Å². The van der Waals surface area contributed by atoms with Crippen LogP contribution in [0, 0.1) is 0 Å². The number of aliphatic carboxylic acids is 1. The second kappa shape index (κ2) is 15.0. The van der Waals surface area contributed by atoms with Gasteiger partial charge >= 0.3 is 5.97 Å². The summed E-state index contributed by atoms with van der Waals surface area (Å²) < 4.78 is 0. The molecule has 0 atom stereocenters. The highest BCUT2D eigenvalue weighted by Crippen LogP contribution is 2.08. The standard InChI is InChI=1S/C18H28O5/c19-14-10-9-12-17(21)15-16(20)11-7-5-3-1-2-4-6-8-13-18(22)23/h5,7,9,12,15,19,21H,1-4,6,8,10-11,13-14H2,(H,22,23)/b7-5-,12-9-,17-15-. The van der Waals surface area contributed by atoms with E-state index in [1.165, 1.54) is 12.2 Å². The number of unbranched alkanes of at least 4 members (excludes halogenated alkanes) is 5. The van der Waals surface area contributed by atoms with Crippen molar-refractivity contribution < 1.29 is 24.9 Å². The van der Waals surface area contributed by atoms with E-state index in [4.69, 9.17) is 10.2 Å². The molecule has 0 fully saturated rings. The minimum Gasteiger partial charge on any atom is -0.508 e. The van der Waals surface area contributed by atoms with Gasteiger partial charge in [0.1, 0.15) is 5.76 Å². The number of carbonyl (C=O) groups excluding carboxylic acids is 1. The Labute approximate surface area is 138 Å². The van der Waals surface area contributed by atoms with E-state index in [0.717, 1.165) is 38.5 Å². The lowest BCUT2D eigenvalue weighted by atomic mass is 10.1. The van der Waals surface area contributed by atoms with Crippen molar-refractivity contribution in [2.75, 3.05) is 6.61 Å². The molecule has 0 heterocycles. The summed E-state index contributed by atoms with van der Waals surface area (Å²) in [6.45, 7) is 0.0139. The maximum atomic E-state index is 11.5. The summed E-state index contributed by atoms with van der Waals surface area (Å²) in [6.07, 6.45) is 14.6. The molecular formula is C18H28O5. The van der Waals surface area contributed by atoms with Crippen LogP contribution in [0.4, 0.5) is 0 Å². The lowest BCUT2D eigenvalue weighted by molar-refractivity contribution is -0.137. The molecule has 23 heavy (non-hydrogen) atoms. The van der Waals surface area contributed by atoms with Crippen LogP contribution in [0.25, 0.3) is 0 Å². The van der Waals surface area contributed by atoms with E-state index in [0.29, 0.717) is 6.42 Å². The number of aliphatic hydroxyl groups is 2. The lowest BCUT2D eigenvalue weighted by Gasteiger charge is -1.98. The molecule has 0 unspecified atom stereocenters. The molecule has 0 aliphatic carbocycles. The van der Waals surface area contributed by atoms with Crippen molar-refractivity contribution in [2.45, 2.75) is 57.8 Å². The van der Waals surface area contributed by atoms with Crippen molar-refractivity contribution in [3.8, 4) is 0 Å². The predicted molar refractivity (Wildman–Crippen MR) is 90.3 cm³/mol. The molecule has 130 valence electrons. The molecule has 0 radical (unpaired) electrons. The van der Waals surface area contributed by atoms with E-state index in [2.05, 4.69) is 0 Å². The molecule has 0 aromatic carbocycles. The third-order valence-corrected chi connectivity index (χ3v) is 3.14. The molecule has 0 aliphatic heterocycles. The van der Waals surface area contributed by atoms with Gasteiger partial charge in [0.15, 0.2) is 5.78 Å². The van der Waals surface area contributed by atoms with Gasteiger partial charge in [0.25, 0.3) is 0 Å². The van der Waals surface area contributed by atoms with Crippen molar-refractivity contribution in [1.29, 1.82) is 0 Å². The van der Waals surface area contributed by atoms with Crippen LogP contribution in [0.15, 0.2) is 36.1 Å². The van der Waals surface area contributed by atoms with Gasteiger partial charge in [-0.05, 0) is 31.8 Å². The molecule has 0 saturated heterocycles. The van der Waals surface area contributed by atoms with Crippen molar-refractivity contribution in [3.63, 3.8) is 0 Å². The Balaban J connectivity index is 3.64. The highest BCUT2D eigenvalue weighted by molar-refractivity contribution is 5.91. The van der Waals surface area contributed by atoms with Gasteiger partial charge in [0.05, 0.1) is 0 Å². The van der Waals surface area contributed by atoms with Gasteiger partial charge in [0.2, 0.25) is 0 Å². The van der Waals surface area contributed by atoms with E-state index in [1.54, 1.807) is 12.2 Å². The number of aliphatic hydroxyl groups excluding tert-OH is 2. The number of hydrogen-bond acceptors (Lipinski definition) is 4. The molecule has 0 rings (SSSR count). The van der Waals surface area contributed by atoms with Gasteiger partial charge in [-0.3, -0.25) is 9.59 Å². The summed E-state index contributed by atoms with van der Waals surface area (Å²) in [5.41, 5.74) is 0. The van der Waals surface area contributed by atoms with E-state index >= 15 is 0 Å². The molecule has 5 heteroatoms. The number of ketones is 1. The highest BCUT2D eigenvalue weighted by atomic mass is 16.4. The first kappa shape index (κ1) is 21.1. The highest BCUT2D eigenvalue weighted by Gasteiger charge is 1.97. The predicted octanol–water partition coefficient (Wildman–Crippen LogP) is 3.70. The Morgan fingerprint density at radius 2 is 1.52 bits per heavy atom. The van der Waals surface area contributed by atoms with Gasteiger partial charge in [-0.25, -0.2) is 0 Å². The van der Waals surface area contributed by atoms with Crippen LogP contribution in [0.1, 0.15) is 57.8 Å². The van der Waals surface area contributed by atoms with Crippen LogP contribution in [0.3, 0.4) is 0 Å². The quantitative estimate of drug-likeness (QED) is 0.149. The fourth-order valence-corrected chi connectivity index (χ4v) is 1.94. The number of carbonyl (C=O) groups is 2. The fourth-order valence-electron chi connectivity index (χ4n) is 1.94. The Morgan fingerprint density at radius 1 is 0.826 bits per heavy atom. The first-order valence-electron chi connectivity index (χ1n) is 8.14. The van der Waals surface area contributed by atoms with Gasteiger partial charge < -0.3 is 15.3 Å². The minimum absolute atomic E-state index is 0.0139. The molecule has 0 spiro atoms. The van der Waals surface area contributed by atoms with Gasteiger partial charge in [-0.2, -0.15) is 0 Å². The van der Waals surface area contributed by atoms with E-state index in [1.807, 2.05) is 6.08 Å². The minimum atomic E-state index is -0.735. The van der Waals surface area contributed by atoms with Crippen molar-refractivity contribution in [3.05, 3.63) is 36.1 Å². The van der Waals surface area contributed by atoms with Crippen LogP contribution in [0.5, 0.6) is 0 Å². The van der Waals surface area contributed by atoms with Crippen molar-refractivity contribution in [2.24, 2.45) is 0 Å². The topological polar surface area (TPSA) is 94.8 Å². The van der Waals surface area contributed by atoms with Gasteiger partial charge in [-0.15, -0.1) is 0 Å². The molecule has 0 aromatic rings. The number of carboxylic acids is 1. The SMILES string of the molecule is O=C(O)CCCCCCC/C=C\CC(=O)/C=C(O)/C=C\CCO. The first-order chi connectivity index (χ1) is 11.1. The fraction of sp³-hybridized carbons (Fsp3) is 0.556. The van der Waals surface area contributed by atoms with Crippen LogP contribution < -0.4 is 0 Å². The largest absolute Gasteiger partial charge is 0.508 e. The molecule has 0 saturated carbocycles. The van der Waals surface area contributed by atoms with Crippen molar-refractivity contribution in [1.82, 2.24) is 0 Å². The molecule has 0 aromatic heterocycles. The van der Waals surface area contributed by atoms with Gasteiger partial charge in [0, 0.05) is 25.5 Å². The average Bonchev–Trinajstić information content (AvgIpc) is 2.49. The molecule has 3 N–H and O–H groups in total. The van der Waals surface area contributed by atoms with E-state index < -0.39 is 5.97 Å². The zero-order valence-electron chi connectivity index (χ0n) is 13.6. The summed E-state index contributed by atoms with van der Waals surface area (Å²) in [5, 5.41) is 26.5. The maximum absolute atomic E-state index is 11.5. The second-order valence-corrected chi connectivity index (χ2v) is 5.33. The third kappa shape index (κ3) is 16.3. The normalized spacial score (nSPS) is 12.3. The monoisotopic (exact) mass is 324 g/mol. The molecule has 0 aliphatic rings. The zero-order valence-corrected chi connectivity index (χ0v) is 13.6. The summed E-state index contributed by atoms with van der Waals surface area (Å²) in [7, 11) is 0. The smallest absolute Gasteiger partial charge is 0.303 e. The van der Waals surface area contributed by atoms with Crippen LogP contribution in [0.2, 0.25) is 0 Å².